The number of nitrogens with one attached hydrogen (secondary N) is 1. The van der Waals surface area contributed by atoms with Crippen molar-refractivity contribution in [2.24, 2.45) is 0 Å². The predicted molar refractivity (Wildman–Crippen MR) is 114 cm³/mol. The van der Waals surface area contributed by atoms with E-state index < -0.39 is 11.9 Å². The van der Waals surface area contributed by atoms with Crippen LogP contribution >= 0.6 is 12.2 Å². The van der Waals surface area contributed by atoms with Crippen LogP contribution in [0.15, 0.2) is 71.4 Å². The van der Waals surface area contributed by atoms with E-state index in [1.807, 2.05) is 11.8 Å². The van der Waals surface area contributed by atoms with Crippen LogP contribution in [0.3, 0.4) is 0 Å². The molecule has 1 aromatic heterocycles. The number of aromatic nitrogens is 2. The zero-order valence-electron chi connectivity index (χ0n) is 16.1. The topological polar surface area (TPSA) is 54.2 Å². The standard InChI is InChI=1S/C22H18F2N4OS/c1-3-10-28-13(2)18(19(25-22(28)30)14-6-4-8-16(23)11-14)21-26-20(27-29-21)15-7-5-9-17(24)12-15/h3-9,11-12,19H,1,10H2,2H3,(H,25,30). The van der Waals surface area contributed by atoms with Gasteiger partial charge in [0.1, 0.15) is 11.6 Å². The van der Waals surface area contributed by atoms with Gasteiger partial charge in [0.15, 0.2) is 5.11 Å². The fourth-order valence-electron chi connectivity index (χ4n) is 3.42. The van der Waals surface area contributed by atoms with E-state index in [1.165, 1.54) is 24.3 Å². The Hall–Kier alpha value is -3.39. The second-order valence-corrected chi connectivity index (χ2v) is 7.16. The first-order valence-electron chi connectivity index (χ1n) is 9.23. The summed E-state index contributed by atoms with van der Waals surface area (Å²) in [6.07, 6.45) is 1.73. The highest BCUT2D eigenvalue weighted by atomic mass is 32.1. The van der Waals surface area contributed by atoms with E-state index in [-0.39, 0.29) is 17.5 Å². The molecule has 0 spiro atoms. The number of hydrogen-bond acceptors (Lipinski definition) is 4. The zero-order chi connectivity index (χ0) is 21.3. The molecule has 1 aliphatic rings. The van der Waals surface area contributed by atoms with Gasteiger partial charge in [-0.2, -0.15) is 4.98 Å². The van der Waals surface area contributed by atoms with Gasteiger partial charge >= 0.3 is 0 Å². The average molecular weight is 424 g/mol. The Kier molecular flexibility index (Phi) is 5.41. The second-order valence-electron chi connectivity index (χ2n) is 6.77. The molecule has 1 atom stereocenters. The molecule has 5 nitrogen and oxygen atoms in total. The van der Waals surface area contributed by atoms with E-state index in [1.54, 1.807) is 30.3 Å². The van der Waals surface area contributed by atoms with Crippen molar-refractivity contribution in [2.45, 2.75) is 13.0 Å². The first-order chi connectivity index (χ1) is 14.5. The van der Waals surface area contributed by atoms with E-state index >= 15 is 0 Å². The molecule has 1 unspecified atom stereocenters. The number of hydrogen-bond donors (Lipinski definition) is 1. The summed E-state index contributed by atoms with van der Waals surface area (Å²) in [5.74, 6) is -0.262. The summed E-state index contributed by atoms with van der Waals surface area (Å²) in [6, 6.07) is 11.7. The van der Waals surface area contributed by atoms with Gasteiger partial charge < -0.3 is 14.7 Å². The number of allylic oxidation sites excluding steroid dienone is 1. The highest BCUT2D eigenvalue weighted by molar-refractivity contribution is 7.80. The number of rotatable bonds is 5. The molecule has 2 aromatic carbocycles. The molecule has 0 amide bonds. The van der Waals surface area contributed by atoms with Crippen LogP contribution in [0.2, 0.25) is 0 Å². The Morgan fingerprint density at radius 1 is 1.20 bits per heavy atom. The molecule has 1 N–H and O–H groups in total. The third-order valence-electron chi connectivity index (χ3n) is 4.83. The van der Waals surface area contributed by atoms with Crippen molar-refractivity contribution in [1.29, 1.82) is 0 Å². The molecule has 30 heavy (non-hydrogen) atoms. The molecule has 0 fully saturated rings. The fraction of sp³-hybridized carbons (Fsp3) is 0.136. The van der Waals surface area contributed by atoms with Crippen LogP contribution < -0.4 is 5.32 Å². The number of nitrogens with zero attached hydrogens (tertiary/aromatic N) is 3. The molecule has 4 rings (SSSR count). The normalized spacial score (nSPS) is 16.6. The molecule has 152 valence electrons. The lowest BCUT2D eigenvalue weighted by atomic mass is 9.94. The number of thiocarbonyl (C=S) groups is 1. The minimum absolute atomic E-state index is 0.241. The van der Waals surface area contributed by atoms with Crippen molar-refractivity contribution in [1.82, 2.24) is 20.4 Å². The van der Waals surface area contributed by atoms with Crippen LogP contribution in [-0.4, -0.2) is 26.7 Å². The van der Waals surface area contributed by atoms with Gasteiger partial charge in [-0.3, -0.25) is 0 Å². The molecule has 0 saturated carbocycles. The molecule has 0 aliphatic carbocycles. The molecular formula is C22H18F2N4OS. The second kappa shape index (κ2) is 8.16. The maximum Gasteiger partial charge on any atom is 0.258 e. The molecule has 0 radical (unpaired) electrons. The van der Waals surface area contributed by atoms with Gasteiger partial charge in [0.25, 0.3) is 5.89 Å². The van der Waals surface area contributed by atoms with E-state index in [9.17, 15) is 8.78 Å². The van der Waals surface area contributed by atoms with Gasteiger partial charge in [0.2, 0.25) is 5.82 Å². The molecule has 0 bridgehead atoms. The molecule has 0 saturated heterocycles. The highest BCUT2D eigenvalue weighted by Crippen LogP contribution is 2.37. The highest BCUT2D eigenvalue weighted by Gasteiger charge is 2.33. The largest absolute Gasteiger partial charge is 0.351 e. The first kappa shape index (κ1) is 19.9. The molecule has 3 aromatic rings. The predicted octanol–water partition coefficient (Wildman–Crippen LogP) is 4.86. The van der Waals surface area contributed by atoms with Crippen molar-refractivity contribution < 1.29 is 13.3 Å². The smallest absolute Gasteiger partial charge is 0.258 e. The Bertz CT molecular complexity index is 1160. The van der Waals surface area contributed by atoms with E-state index in [0.717, 1.165) is 5.70 Å². The summed E-state index contributed by atoms with van der Waals surface area (Å²) in [5, 5.41) is 7.72. The quantitative estimate of drug-likeness (QED) is 0.466. The van der Waals surface area contributed by atoms with Crippen molar-refractivity contribution in [2.75, 3.05) is 6.54 Å². The zero-order valence-corrected chi connectivity index (χ0v) is 16.9. The summed E-state index contributed by atoms with van der Waals surface area (Å²) in [4.78, 5) is 6.33. The van der Waals surface area contributed by atoms with Crippen LogP contribution in [0.4, 0.5) is 8.78 Å². The van der Waals surface area contributed by atoms with Crippen molar-refractivity contribution >= 4 is 22.9 Å². The Balaban J connectivity index is 1.83. The van der Waals surface area contributed by atoms with E-state index in [0.29, 0.717) is 28.4 Å². The number of halogens is 2. The minimum Gasteiger partial charge on any atom is -0.351 e. The molecule has 1 aliphatic heterocycles. The van der Waals surface area contributed by atoms with Crippen LogP contribution in [0.1, 0.15) is 24.4 Å². The maximum atomic E-state index is 13.9. The van der Waals surface area contributed by atoms with Crippen molar-refractivity contribution in [3.05, 3.63) is 90.0 Å². The molecule has 8 heteroatoms. The summed E-state index contributed by atoms with van der Waals surface area (Å²) in [6.45, 7) is 6.13. The van der Waals surface area contributed by atoms with Crippen LogP contribution in [0, 0.1) is 11.6 Å². The van der Waals surface area contributed by atoms with Gasteiger partial charge in [-0.1, -0.05) is 35.5 Å². The summed E-state index contributed by atoms with van der Waals surface area (Å²) >= 11 is 5.51. The molecule has 2 heterocycles. The van der Waals surface area contributed by atoms with E-state index in [4.69, 9.17) is 16.7 Å². The average Bonchev–Trinajstić information content (AvgIpc) is 3.20. The lowest BCUT2D eigenvalue weighted by Crippen LogP contribution is -2.45. The van der Waals surface area contributed by atoms with Gasteiger partial charge in [-0.05, 0) is 49.0 Å². The monoisotopic (exact) mass is 424 g/mol. The van der Waals surface area contributed by atoms with Crippen LogP contribution in [0.5, 0.6) is 0 Å². The van der Waals surface area contributed by atoms with Crippen LogP contribution in [-0.2, 0) is 0 Å². The summed E-state index contributed by atoms with van der Waals surface area (Å²) < 4.78 is 33.1. The van der Waals surface area contributed by atoms with Gasteiger partial charge in [0.05, 0.1) is 11.6 Å². The fourth-order valence-corrected chi connectivity index (χ4v) is 3.75. The Morgan fingerprint density at radius 2 is 1.93 bits per heavy atom. The van der Waals surface area contributed by atoms with Gasteiger partial charge in [0, 0.05) is 17.8 Å². The van der Waals surface area contributed by atoms with Crippen molar-refractivity contribution in [3.63, 3.8) is 0 Å². The molecular weight excluding hydrogens is 406 g/mol. The van der Waals surface area contributed by atoms with Gasteiger partial charge in [-0.15, -0.1) is 6.58 Å². The summed E-state index contributed by atoms with van der Waals surface area (Å²) in [7, 11) is 0. The van der Waals surface area contributed by atoms with Crippen molar-refractivity contribution in [3.8, 4) is 11.4 Å². The van der Waals surface area contributed by atoms with E-state index in [2.05, 4.69) is 22.0 Å². The SMILES string of the molecule is C=CCN1C(=S)NC(c2cccc(F)c2)C(c2nc(-c3cccc(F)c3)no2)=C1C. The Morgan fingerprint density at radius 3 is 2.63 bits per heavy atom. The third kappa shape index (κ3) is 3.73. The first-order valence-corrected chi connectivity index (χ1v) is 9.64. The lowest BCUT2D eigenvalue weighted by molar-refractivity contribution is 0.399. The minimum atomic E-state index is -0.491. The number of benzene rings is 2. The third-order valence-corrected chi connectivity index (χ3v) is 5.17. The summed E-state index contributed by atoms with van der Waals surface area (Å²) in [5.41, 5.74) is 2.59. The van der Waals surface area contributed by atoms with Gasteiger partial charge in [-0.25, -0.2) is 8.78 Å². The lowest BCUT2D eigenvalue weighted by Gasteiger charge is -2.36. The van der Waals surface area contributed by atoms with Crippen LogP contribution in [0.25, 0.3) is 17.0 Å². The Labute approximate surface area is 177 Å². The maximum absolute atomic E-state index is 13.9.